The van der Waals surface area contributed by atoms with Crippen molar-refractivity contribution in [1.29, 1.82) is 0 Å². The zero-order valence-electron chi connectivity index (χ0n) is 14.6. The zero-order chi connectivity index (χ0) is 18.1. The molecule has 0 aliphatic carbocycles. The predicted molar refractivity (Wildman–Crippen MR) is 93.2 cm³/mol. The molecular weight excluding hydrogens is 318 g/mol. The Morgan fingerprint density at radius 1 is 1.08 bits per heavy atom. The summed E-state index contributed by atoms with van der Waals surface area (Å²) in [7, 11) is 1.98. The molecule has 0 bridgehead atoms. The van der Waals surface area contributed by atoms with E-state index in [9.17, 15) is 14.4 Å². The van der Waals surface area contributed by atoms with Crippen LogP contribution in [0.15, 0.2) is 30.3 Å². The molecule has 2 heterocycles. The van der Waals surface area contributed by atoms with Crippen LogP contribution >= 0.6 is 0 Å². The van der Waals surface area contributed by atoms with E-state index in [-0.39, 0.29) is 30.7 Å². The minimum absolute atomic E-state index is 0.0883. The third-order valence-electron chi connectivity index (χ3n) is 4.80. The lowest BCUT2D eigenvalue weighted by Crippen LogP contribution is -2.34. The number of imide groups is 1. The van der Waals surface area contributed by atoms with Crippen LogP contribution in [0.1, 0.15) is 44.1 Å². The first-order chi connectivity index (χ1) is 11.9. The smallest absolute Gasteiger partial charge is 0.261 e. The summed E-state index contributed by atoms with van der Waals surface area (Å²) in [5.41, 5.74) is 4.12. The molecule has 0 saturated heterocycles. The number of nitrogens with one attached hydrogen (secondary N) is 1. The number of hydrogen-bond donors (Lipinski definition) is 1. The summed E-state index contributed by atoms with van der Waals surface area (Å²) in [5.74, 6) is -0.844. The number of aromatic nitrogens is 1. The molecule has 0 saturated carbocycles. The molecule has 3 rings (SSSR count). The molecule has 0 fully saturated rings. The Morgan fingerprint density at radius 2 is 1.68 bits per heavy atom. The summed E-state index contributed by atoms with van der Waals surface area (Å²) in [6, 6.07) is 8.76. The highest BCUT2D eigenvalue weighted by Gasteiger charge is 2.34. The van der Waals surface area contributed by atoms with E-state index in [1.165, 1.54) is 0 Å². The number of carbonyl (C=O) groups is 3. The molecule has 3 amide bonds. The van der Waals surface area contributed by atoms with Crippen LogP contribution in [-0.4, -0.2) is 33.7 Å². The molecule has 0 radical (unpaired) electrons. The summed E-state index contributed by atoms with van der Waals surface area (Å²) in [4.78, 5) is 37.7. The molecule has 6 heteroatoms. The van der Waals surface area contributed by atoms with Crippen molar-refractivity contribution in [3.8, 4) is 0 Å². The molecular formula is C19H21N3O3. The molecule has 25 heavy (non-hydrogen) atoms. The first-order valence-corrected chi connectivity index (χ1v) is 8.24. The summed E-state index contributed by atoms with van der Waals surface area (Å²) < 4.78 is 2.07. The second kappa shape index (κ2) is 6.55. The zero-order valence-corrected chi connectivity index (χ0v) is 14.6. The fraction of sp³-hybridized carbons (Fsp3) is 0.316. The van der Waals surface area contributed by atoms with Gasteiger partial charge in [0.2, 0.25) is 5.91 Å². The number of nitrogens with zero attached hydrogens (tertiary/aromatic N) is 2. The van der Waals surface area contributed by atoms with E-state index >= 15 is 0 Å². The van der Waals surface area contributed by atoms with Crippen molar-refractivity contribution in [3.63, 3.8) is 0 Å². The summed E-state index contributed by atoms with van der Waals surface area (Å²) >= 11 is 0. The number of hydrogen-bond acceptors (Lipinski definition) is 3. The molecule has 1 N–H and O–H groups in total. The Hall–Kier alpha value is -2.89. The van der Waals surface area contributed by atoms with Gasteiger partial charge in [0.1, 0.15) is 0 Å². The molecule has 6 nitrogen and oxygen atoms in total. The van der Waals surface area contributed by atoms with E-state index in [1.54, 1.807) is 24.3 Å². The van der Waals surface area contributed by atoms with Gasteiger partial charge in [0.05, 0.1) is 11.1 Å². The van der Waals surface area contributed by atoms with Crippen molar-refractivity contribution in [2.75, 3.05) is 6.54 Å². The Bertz CT molecular complexity index is 832. The largest absolute Gasteiger partial charge is 0.352 e. The van der Waals surface area contributed by atoms with E-state index in [2.05, 4.69) is 9.88 Å². The van der Waals surface area contributed by atoms with Crippen molar-refractivity contribution in [1.82, 2.24) is 14.8 Å². The van der Waals surface area contributed by atoms with Crippen molar-refractivity contribution in [2.45, 2.75) is 26.8 Å². The normalized spacial score (nSPS) is 13.3. The predicted octanol–water partition coefficient (Wildman–Crippen LogP) is 1.94. The SMILES string of the molecule is Cc1cc(CNC(=O)CCN2C(=O)c3ccccc3C2=O)c(C)n1C. The minimum Gasteiger partial charge on any atom is -0.352 e. The van der Waals surface area contributed by atoms with Gasteiger partial charge in [0.15, 0.2) is 0 Å². The number of amides is 3. The fourth-order valence-corrected chi connectivity index (χ4v) is 3.05. The van der Waals surface area contributed by atoms with Gasteiger partial charge in [-0.25, -0.2) is 0 Å². The lowest BCUT2D eigenvalue weighted by atomic mass is 10.1. The average molecular weight is 339 g/mol. The van der Waals surface area contributed by atoms with Crippen LogP contribution in [0.25, 0.3) is 0 Å². The first kappa shape index (κ1) is 17.0. The van der Waals surface area contributed by atoms with Crippen molar-refractivity contribution >= 4 is 17.7 Å². The highest BCUT2D eigenvalue weighted by molar-refractivity contribution is 6.21. The van der Waals surface area contributed by atoms with Crippen LogP contribution in [0.2, 0.25) is 0 Å². The van der Waals surface area contributed by atoms with Gasteiger partial charge in [-0.05, 0) is 37.6 Å². The van der Waals surface area contributed by atoms with E-state index in [0.717, 1.165) is 21.9 Å². The summed E-state index contributed by atoms with van der Waals surface area (Å²) in [5, 5.41) is 2.85. The van der Waals surface area contributed by atoms with Gasteiger partial charge in [0, 0.05) is 37.9 Å². The molecule has 1 aromatic heterocycles. The third kappa shape index (κ3) is 3.07. The van der Waals surface area contributed by atoms with Crippen molar-refractivity contribution < 1.29 is 14.4 Å². The molecule has 1 aliphatic rings. The highest BCUT2D eigenvalue weighted by Crippen LogP contribution is 2.22. The molecule has 0 spiro atoms. The molecule has 1 aliphatic heterocycles. The van der Waals surface area contributed by atoms with Crippen LogP contribution in [0, 0.1) is 13.8 Å². The fourth-order valence-electron chi connectivity index (χ4n) is 3.05. The molecule has 0 atom stereocenters. The standard InChI is InChI=1S/C19H21N3O3/c1-12-10-14(13(2)21(12)3)11-20-17(23)8-9-22-18(24)15-6-4-5-7-16(15)19(22)25/h4-7,10H,8-9,11H2,1-3H3,(H,20,23). The van der Waals surface area contributed by atoms with Gasteiger partial charge < -0.3 is 9.88 Å². The number of aryl methyl sites for hydroxylation is 1. The second-order valence-electron chi connectivity index (χ2n) is 6.29. The number of carbonyl (C=O) groups excluding carboxylic acids is 3. The van der Waals surface area contributed by atoms with Crippen LogP contribution in [0.4, 0.5) is 0 Å². The Kier molecular flexibility index (Phi) is 4.44. The lowest BCUT2D eigenvalue weighted by Gasteiger charge is -2.13. The van der Waals surface area contributed by atoms with Crippen LogP contribution in [0.3, 0.4) is 0 Å². The van der Waals surface area contributed by atoms with Crippen LogP contribution < -0.4 is 5.32 Å². The van der Waals surface area contributed by atoms with Gasteiger partial charge >= 0.3 is 0 Å². The van der Waals surface area contributed by atoms with Gasteiger partial charge in [-0.3, -0.25) is 19.3 Å². The Balaban J connectivity index is 1.56. The minimum atomic E-state index is -0.331. The lowest BCUT2D eigenvalue weighted by molar-refractivity contribution is -0.121. The molecule has 2 aromatic rings. The van der Waals surface area contributed by atoms with Crippen molar-refractivity contribution in [2.24, 2.45) is 7.05 Å². The van der Waals surface area contributed by atoms with Gasteiger partial charge in [-0.15, -0.1) is 0 Å². The van der Waals surface area contributed by atoms with Crippen molar-refractivity contribution in [3.05, 3.63) is 58.4 Å². The first-order valence-electron chi connectivity index (χ1n) is 8.24. The highest BCUT2D eigenvalue weighted by atomic mass is 16.2. The topological polar surface area (TPSA) is 71.4 Å². The maximum atomic E-state index is 12.3. The quantitative estimate of drug-likeness (QED) is 0.846. The van der Waals surface area contributed by atoms with Gasteiger partial charge in [-0.2, -0.15) is 0 Å². The summed E-state index contributed by atoms with van der Waals surface area (Å²) in [6.07, 6.45) is 0.0936. The monoisotopic (exact) mass is 339 g/mol. The van der Waals surface area contributed by atoms with E-state index in [0.29, 0.717) is 17.7 Å². The van der Waals surface area contributed by atoms with Gasteiger partial charge in [0.25, 0.3) is 11.8 Å². The third-order valence-corrected chi connectivity index (χ3v) is 4.80. The Morgan fingerprint density at radius 3 is 2.20 bits per heavy atom. The van der Waals surface area contributed by atoms with E-state index in [4.69, 9.17) is 0 Å². The maximum Gasteiger partial charge on any atom is 0.261 e. The second-order valence-corrected chi connectivity index (χ2v) is 6.29. The molecule has 130 valence electrons. The maximum absolute atomic E-state index is 12.3. The number of rotatable bonds is 5. The van der Waals surface area contributed by atoms with Crippen LogP contribution in [0.5, 0.6) is 0 Å². The average Bonchev–Trinajstić information content (AvgIpc) is 3.00. The summed E-state index contributed by atoms with van der Waals surface area (Å²) in [6.45, 7) is 4.55. The van der Waals surface area contributed by atoms with Crippen LogP contribution in [-0.2, 0) is 18.4 Å². The van der Waals surface area contributed by atoms with E-state index in [1.807, 2.05) is 27.0 Å². The number of fused-ring (bicyclic) bond motifs is 1. The molecule has 1 aromatic carbocycles. The number of benzene rings is 1. The Labute approximate surface area is 146 Å². The van der Waals surface area contributed by atoms with E-state index < -0.39 is 0 Å². The van der Waals surface area contributed by atoms with Gasteiger partial charge in [-0.1, -0.05) is 12.1 Å². The molecule has 0 unspecified atom stereocenters.